The second kappa shape index (κ2) is 17.2. The van der Waals surface area contributed by atoms with Crippen LogP contribution in [0.3, 0.4) is 0 Å². The molecule has 55 heavy (non-hydrogen) atoms. The Bertz CT molecular complexity index is 1880. The molecular weight excluding hydrogens is 717 g/mol. The lowest BCUT2D eigenvalue weighted by molar-refractivity contribution is -0.155. The van der Waals surface area contributed by atoms with Crippen molar-refractivity contribution in [1.29, 1.82) is 0 Å². The molecular formula is C40H45F3N6O6. The fourth-order valence-electron chi connectivity index (χ4n) is 8.12. The van der Waals surface area contributed by atoms with Gasteiger partial charge in [0.25, 0.3) is 17.7 Å². The van der Waals surface area contributed by atoms with E-state index in [2.05, 4.69) is 10.6 Å². The van der Waals surface area contributed by atoms with Crippen LogP contribution in [0.15, 0.2) is 66.9 Å². The Morgan fingerprint density at radius 1 is 1.00 bits per heavy atom. The number of aromatic nitrogens is 2. The van der Waals surface area contributed by atoms with E-state index in [1.807, 2.05) is 34.9 Å². The minimum Gasteiger partial charge on any atom is -0.434 e. The van der Waals surface area contributed by atoms with Crippen molar-refractivity contribution in [2.45, 2.75) is 69.4 Å². The summed E-state index contributed by atoms with van der Waals surface area (Å²) in [5.74, 6) is -2.84. The molecule has 2 aromatic carbocycles. The Kier molecular flexibility index (Phi) is 12.0. The molecule has 2 N–H and O–H groups in total. The number of piperidine rings is 1. The molecule has 12 nitrogen and oxygen atoms in total. The van der Waals surface area contributed by atoms with Gasteiger partial charge in [-0.05, 0) is 55.4 Å². The number of imidazole rings is 1. The summed E-state index contributed by atoms with van der Waals surface area (Å²) in [5.41, 5.74) is 1.08. The number of imide groups is 1. The molecule has 15 heteroatoms. The van der Waals surface area contributed by atoms with Gasteiger partial charge in [-0.3, -0.25) is 19.3 Å². The van der Waals surface area contributed by atoms with Gasteiger partial charge in [0.2, 0.25) is 0 Å². The highest BCUT2D eigenvalue weighted by Crippen LogP contribution is 2.41. The van der Waals surface area contributed by atoms with Gasteiger partial charge in [0.05, 0.1) is 17.8 Å². The van der Waals surface area contributed by atoms with Gasteiger partial charge in [-0.1, -0.05) is 43.2 Å². The first kappa shape index (κ1) is 38.3. The van der Waals surface area contributed by atoms with Gasteiger partial charge in [-0.2, -0.15) is 0 Å². The molecule has 4 aliphatic heterocycles. The van der Waals surface area contributed by atoms with Gasteiger partial charge in [0, 0.05) is 75.8 Å². The number of unbranched alkanes of at least 4 members (excludes halogenated alkanes) is 3. The molecule has 0 bridgehead atoms. The number of likely N-dealkylation sites (tertiary alicyclic amines) is 1. The van der Waals surface area contributed by atoms with Crippen LogP contribution in [0.4, 0.5) is 18.0 Å². The van der Waals surface area contributed by atoms with Crippen molar-refractivity contribution in [3.05, 3.63) is 89.9 Å². The van der Waals surface area contributed by atoms with E-state index in [9.17, 15) is 23.6 Å². The number of rotatable bonds is 14. The number of alkyl carbamates (subject to hydrolysis) is 1. The summed E-state index contributed by atoms with van der Waals surface area (Å²) in [4.78, 5) is 59.0. The van der Waals surface area contributed by atoms with Crippen LogP contribution in [-0.2, 0) is 30.4 Å². The average molecular weight is 763 g/mol. The first-order valence-electron chi connectivity index (χ1n) is 19.0. The molecule has 5 atom stereocenters. The van der Waals surface area contributed by atoms with Crippen molar-refractivity contribution in [3.8, 4) is 11.3 Å². The van der Waals surface area contributed by atoms with E-state index in [0.29, 0.717) is 57.8 Å². The number of ether oxygens (including phenoxy) is 2. The molecule has 0 aliphatic carbocycles. The summed E-state index contributed by atoms with van der Waals surface area (Å²) in [5, 5.41) is 5.79. The standard InChI is InChI=1S/C40H45F3N6O6/c41-27-10-11-30(42)28(20-27)32-24-47(22-25-8-4-3-5-9-25)38(46-32)36(26-14-18-54-19-15-26)49-23-29-31(43)21-45-35(29)37(39(49)52)55-40(53)44-16-6-1-2-7-17-48-33(50)12-13-34(48)51/h3-5,8-13,20,24,26,29,31,35-37,45H,1-2,6-7,14-19,21-23H2,(H,44,53). The Balaban J connectivity index is 1.11. The topological polar surface area (TPSA) is 135 Å². The van der Waals surface area contributed by atoms with Gasteiger partial charge in [0.1, 0.15) is 23.6 Å². The van der Waals surface area contributed by atoms with E-state index in [0.717, 1.165) is 36.6 Å². The van der Waals surface area contributed by atoms with Crippen LogP contribution in [-0.4, -0.2) is 101 Å². The van der Waals surface area contributed by atoms with Crippen molar-refractivity contribution in [2.24, 2.45) is 11.8 Å². The Morgan fingerprint density at radius 3 is 2.51 bits per heavy atom. The minimum atomic E-state index is -1.33. The van der Waals surface area contributed by atoms with Crippen LogP contribution in [0.5, 0.6) is 0 Å². The quantitative estimate of drug-likeness (QED) is 0.179. The molecule has 3 fully saturated rings. The maximum absolute atomic E-state index is 15.6. The molecule has 3 saturated heterocycles. The molecule has 5 unspecified atom stereocenters. The van der Waals surface area contributed by atoms with E-state index in [-0.39, 0.29) is 48.6 Å². The van der Waals surface area contributed by atoms with Crippen LogP contribution in [0.25, 0.3) is 11.3 Å². The summed E-state index contributed by atoms with van der Waals surface area (Å²) in [6.07, 6.45) is 4.53. The average Bonchev–Trinajstić information content (AvgIpc) is 3.87. The summed E-state index contributed by atoms with van der Waals surface area (Å²) in [7, 11) is 0. The number of halogens is 3. The number of benzene rings is 2. The number of nitrogens with zero attached hydrogens (tertiary/aromatic N) is 4. The normalized spacial score (nSPS) is 23.4. The van der Waals surface area contributed by atoms with Crippen LogP contribution in [0.2, 0.25) is 0 Å². The third-order valence-electron chi connectivity index (χ3n) is 11.0. The van der Waals surface area contributed by atoms with Gasteiger partial charge in [-0.15, -0.1) is 0 Å². The number of fused-ring (bicyclic) bond motifs is 1. The molecule has 5 heterocycles. The van der Waals surface area contributed by atoms with Crippen LogP contribution < -0.4 is 10.6 Å². The van der Waals surface area contributed by atoms with Crippen LogP contribution in [0, 0.1) is 23.5 Å². The van der Waals surface area contributed by atoms with Gasteiger partial charge in [-0.25, -0.2) is 22.9 Å². The third kappa shape index (κ3) is 8.62. The van der Waals surface area contributed by atoms with Crippen molar-refractivity contribution < 1.29 is 41.8 Å². The summed E-state index contributed by atoms with van der Waals surface area (Å²) in [6.45, 7) is 1.80. The molecule has 0 radical (unpaired) electrons. The predicted molar refractivity (Wildman–Crippen MR) is 194 cm³/mol. The van der Waals surface area contributed by atoms with Crippen molar-refractivity contribution in [1.82, 2.24) is 30.0 Å². The summed E-state index contributed by atoms with van der Waals surface area (Å²) < 4.78 is 58.6. The van der Waals surface area contributed by atoms with E-state index in [1.165, 1.54) is 17.1 Å². The van der Waals surface area contributed by atoms with Crippen molar-refractivity contribution in [2.75, 3.05) is 39.4 Å². The molecule has 292 valence electrons. The fraction of sp³-hybridized carbons (Fsp3) is 0.475. The molecule has 0 spiro atoms. The zero-order chi connectivity index (χ0) is 38.5. The lowest BCUT2D eigenvalue weighted by atomic mass is 9.84. The second-order valence-electron chi connectivity index (χ2n) is 14.5. The molecule has 3 aromatic rings. The first-order valence-corrected chi connectivity index (χ1v) is 19.0. The lowest BCUT2D eigenvalue weighted by Crippen LogP contribution is -2.62. The fourth-order valence-corrected chi connectivity index (χ4v) is 8.12. The molecule has 1 aromatic heterocycles. The van der Waals surface area contributed by atoms with Crippen molar-refractivity contribution in [3.63, 3.8) is 0 Å². The Morgan fingerprint density at radius 2 is 1.75 bits per heavy atom. The number of amides is 4. The molecule has 0 saturated carbocycles. The molecule has 4 amide bonds. The largest absolute Gasteiger partial charge is 0.434 e. The minimum absolute atomic E-state index is 0.00379. The van der Waals surface area contributed by atoms with E-state index in [1.54, 1.807) is 11.1 Å². The third-order valence-corrected chi connectivity index (χ3v) is 11.0. The van der Waals surface area contributed by atoms with Crippen LogP contribution >= 0.6 is 0 Å². The van der Waals surface area contributed by atoms with E-state index >= 15 is 8.78 Å². The lowest BCUT2D eigenvalue weighted by Gasteiger charge is -2.45. The number of nitrogens with one attached hydrogen (secondary N) is 2. The highest BCUT2D eigenvalue weighted by Gasteiger charge is 2.54. The number of alkyl halides is 1. The zero-order valence-electron chi connectivity index (χ0n) is 30.4. The maximum Gasteiger partial charge on any atom is 0.407 e. The summed E-state index contributed by atoms with van der Waals surface area (Å²) >= 11 is 0. The number of carbonyl (C=O) groups is 4. The molecule has 7 rings (SSSR count). The maximum atomic E-state index is 15.6. The van der Waals surface area contributed by atoms with E-state index < -0.39 is 53.9 Å². The van der Waals surface area contributed by atoms with Crippen LogP contribution in [0.1, 0.15) is 56.0 Å². The van der Waals surface area contributed by atoms with Crippen molar-refractivity contribution >= 4 is 23.8 Å². The van der Waals surface area contributed by atoms with E-state index in [4.69, 9.17) is 14.5 Å². The van der Waals surface area contributed by atoms with Gasteiger partial charge < -0.3 is 29.6 Å². The SMILES string of the molecule is O=C(NCCCCCCN1C(=O)C=CC1=O)OC1C(=O)N(C(c2nc(-c3cc(F)ccc3F)cn2Cc2ccccc2)C2CCOCC2)CC2C(F)CNC12. The zero-order valence-corrected chi connectivity index (χ0v) is 30.4. The number of hydrogen-bond acceptors (Lipinski definition) is 8. The first-order chi connectivity index (χ1) is 26.7. The Labute approximate surface area is 317 Å². The predicted octanol–water partition coefficient (Wildman–Crippen LogP) is 4.69. The molecule has 4 aliphatic rings. The Hall–Kier alpha value is -5.02. The highest BCUT2D eigenvalue weighted by atomic mass is 19.1. The smallest absolute Gasteiger partial charge is 0.407 e. The summed E-state index contributed by atoms with van der Waals surface area (Å²) in [6, 6.07) is 11.2. The van der Waals surface area contributed by atoms with Gasteiger partial charge >= 0.3 is 6.09 Å². The van der Waals surface area contributed by atoms with Gasteiger partial charge in [0.15, 0.2) is 6.10 Å². The monoisotopic (exact) mass is 762 g/mol. The number of hydrogen-bond donors (Lipinski definition) is 2. The number of carbonyl (C=O) groups excluding carboxylic acids is 4. The second-order valence-corrected chi connectivity index (χ2v) is 14.5. The highest BCUT2D eigenvalue weighted by molar-refractivity contribution is 6.12.